The van der Waals surface area contributed by atoms with Gasteiger partial charge in [-0.2, -0.15) is 0 Å². The van der Waals surface area contributed by atoms with E-state index in [1.165, 1.54) is 18.4 Å². The van der Waals surface area contributed by atoms with Gasteiger partial charge in [0.05, 0.1) is 6.10 Å². The van der Waals surface area contributed by atoms with Crippen molar-refractivity contribution in [1.82, 2.24) is 0 Å². The van der Waals surface area contributed by atoms with Crippen molar-refractivity contribution in [2.24, 2.45) is 5.73 Å². The van der Waals surface area contributed by atoms with Crippen LogP contribution < -0.4 is 5.73 Å². The van der Waals surface area contributed by atoms with Gasteiger partial charge in [-0.25, -0.2) is 0 Å². The minimum atomic E-state index is 0.261. The van der Waals surface area contributed by atoms with Crippen LogP contribution in [0.25, 0.3) is 0 Å². The first kappa shape index (κ1) is 11.9. The van der Waals surface area contributed by atoms with Gasteiger partial charge in [0.1, 0.15) is 0 Å². The molecule has 2 rings (SSSR count). The molecule has 1 heterocycles. The predicted octanol–water partition coefficient (Wildman–Crippen LogP) is 2.95. The monoisotopic (exact) mass is 239 g/mol. The fourth-order valence-corrected chi connectivity index (χ4v) is 2.52. The molecule has 16 heavy (non-hydrogen) atoms. The third-order valence-corrected chi connectivity index (χ3v) is 3.43. The molecule has 0 saturated carbocycles. The van der Waals surface area contributed by atoms with Crippen LogP contribution in [0.2, 0.25) is 5.02 Å². The molecule has 0 radical (unpaired) electrons. The van der Waals surface area contributed by atoms with Gasteiger partial charge in [0, 0.05) is 24.1 Å². The van der Waals surface area contributed by atoms with Gasteiger partial charge in [0.25, 0.3) is 0 Å². The van der Waals surface area contributed by atoms with E-state index >= 15 is 0 Å². The highest BCUT2D eigenvalue weighted by atomic mass is 35.5. The normalized spacial score (nSPS) is 23.0. The van der Waals surface area contributed by atoms with Crippen LogP contribution in [0.4, 0.5) is 0 Å². The molecule has 88 valence electrons. The third-order valence-electron chi connectivity index (χ3n) is 3.19. The maximum atomic E-state index is 6.00. The molecule has 3 heteroatoms. The Morgan fingerprint density at radius 2 is 2.31 bits per heavy atom. The number of nitrogens with two attached hydrogens (primary N) is 1. The zero-order chi connectivity index (χ0) is 11.4. The van der Waals surface area contributed by atoms with Crippen LogP contribution in [-0.2, 0) is 4.74 Å². The Bertz CT molecular complexity index is 336. The summed E-state index contributed by atoms with van der Waals surface area (Å²) in [5.74, 6) is 0.277. The molecule has 0 bridgehead atoms. The van der Waals surface area contributed by atoms with Crippen LogP contribution in [0, 0.1) is 0 Å². The zero-order valence-electron chi connectivity index (χ0n) is 9.36. The average molecular weight is 240 g/mol. The van der Waals surface area contributed by atoms with Crippen LogP contribution >= 0.6 is 11.6 Å². The van der Waals surface area contributed by atoms with Crippen molar-refractivity contribution in [2.75, 3.05) is 13.2 Å². The van der Waals surface area contributed by atoms with Gasteiger partial charge < -0.3 is 10.5 Å². The van der Waals surface area contributed by atoms with E-state index in [2.05, 4.69) is 6.07 Å². The van der Waals surface area contributed by atoms with Gasteiger partial charge in [-0.3, -0.25) is 0 Å². The smallest absolute Gasteiger partial charge is 0.0655 e. The summed E-state index contributed by atoms with van der Waals surface area (Å²) in [6, 6.07) is 7.95. The highest BCUT2D eigenvalue weighted by molar-refractivity contribution is 6.30. The quantitative estimate of drug-likeness (QED) is 0.880. The van der Waals surface area contributed by atoms with Crippen molar-refractivity contribution in [1.29, 1.82) is 0 Å². The predicted molar refractivity (Wildman–Crippen MR) is 66.8 cm³/mol. The molecular weight excluding hydrogens is 222 g/mol. The van der Waals surface area contributed by atoms with Gasteiger partial charge >= 0.3 is 0 Å². The molecule has 0 amide bonds. The Morgan fingerprint density at radius 3 is 2.94 bits per heavy atom. The molecule has 2 atom stereocenters. The minimum absolute atomic E-state index is 0.261. The fourth-order valence-electron chi connectivity index (χ4n) is 2.32. The molecule has 0 spiro atoms. The number of rotatable bonds is 3. The molecule has 1 saturated heterocycles. The van der Waals surface area contributed by atoms with E-state index in [4.69, 9.17) is 22.1 Å². The summed E-state index contributed by atoms with van der Waals surface area (Å²) in [7, 11) is 0. The van der Waals surface area contributed by atoms with E-state index < -0.39 is 0 Å². The molecular formula is C13H18ClNO. The first-order chi connectivity index (χ1) is 7.81. The average Bonchev–Trinajstić information content (AvgIpc) is 2.31. The molecule has 2 unspecified atom stereocenters. The summed E-state index contributed by atoms with van der Waals surface area (Å²) in [6.07, 6.45) is 3.77. The maximum Gasteiger partial charge on any atom is 0.0655 e. The van der Waals surface area contributed by atoms with Crippen LogP contribution in [0.3, 0.4) is 0 Å². The van der Waals surface area contributed by atoms with Crippen molar-refractivity contribution < 1.29 is 4.74 Å². The van der Waals surface area contributed by atoms with E-state index in [0.717, 1.165) is 18.1 Å². The SMILES string of the molecule is NCC(c1cccc(Cl)c1)C1CCCCO1. The van der Waals surface area contributed by atoms with Crippen molar-refractivity contribution >= 4 is 11.6 Å². The summed E-state index contributed by atoms with van der Waals surface area (Å²) in [4.78, 5) is 0. The lowest BCUT2D eigenvalue weighted by Gasteiger charge is -2.30. The first-order valence-corrected chi connectivity index (χ1v) is 6.26. The lowest BCUT2D eigenvalue weighted by molar-refractivity contribution is 0.000584. The lowest BCUT2D eigenvalue weighted by Crippen LogP contribution is -2.31. The highest BCUT2D eigenvalue weighted by Gasteiger charge is 2.24. The highest BCUT2D eigenvalue weighted by Crippen LogP contribution is 2.28. The number of hydrogen-bond acceptors (Lipinski definition) is 2. The Hall–Kier alpha value is -0.570. The summed E-state index contributed by atoms with van der Waals surface area (Å²) >= 11 is 6.00. The Kier molecular flexibility index (Phi) is 4.22. The van der Waals surface area contributed by atoms with E-state index in [1.54, 1.807) is 0 Å². The maximum absolute atomic E-state index is 6.00. The van der Waals surface area contributed by atoms with E-state index in [0.29, 0.717) is 6.54 Å². The van der Waals surface area contributed by atoms with Crippen molar-refractivity contribution in [2.45, 2.75) is 31.3 Å². The third kappa shape index (κ3) is 2.76. The van der Waals surface area contributed by atoms with Crippen LogP contribution in [0.15, 0.2) is 24.3 Å². The Labute approximate surface area is 102 Å². The van der Waals surface area contributed by atoms with E-state index in [9.17, 15) is 0 Å². The van der Waals surface area contributed by atoms with Crippen LogP contribution in [-0.4, -0.2) is 19.3 Å². The molecule has 1 aliphatic heterocycles. The number of ether oxygens (including phenoxy) is 1. The number of halogens is 1. The Morgan fingerprint density at radius 1 is 1.44 bits per heavy atom. The molecule has 1 aromatic carbocycles. The van der Waals surface area contributed by atoms with E-state index in [-0.39, 0.29) is 12.0 Å². The zero-order valence-corrected chi connectivity index (χ0v) is 10.1. The van der Waals surface area contributed by atoms with E-state index in [1.807, 2.05) is 18.2 Å². The van der Waals surface area contributed by atoms with Crippen molar-refractivity contribution in [3.8, 4) is 0 Å². The second-order valence-electron chi connectivity index (χ2n) is 4.30. The number of benzene rings is 1. The molecule has 1 aromatic rings. The second-order valence-corrected chi connectivity index (χ2v) is 4.74. The topological polar surface area (TPSA) is 35.2 Å². The van der Waals surface area contributed by atoms with Gasteiger partial charge in [-0.05, 0) is 37.0 Å². The first-order valence-electron chi connectivity index (χ1n) is 5.88. The van der Waals surface area contributed by atoms with Crippen molar-refractivity contribution in [3.63, 3.8) is 0 Å². The van der Waals surface area contributed by atoms with Gasteiger partial charge in [-0.1, -0.05) is 23.7 Å². The molecule has 2 N–H and O–H groups in total. The largest absolute Gasteiger partial charge is 0.378 e. The van der Waals surface area contributed by atoms with Crippen LogP contribution in [0.1, 0.15) is 30.7 Å². The summed E-state index contributed by atoms with van der Waals surface area (Å²) in [5.41, 5.74) is 7.06. The summed E-state index contributed by atoms with van der Waals surface area (Å²) in [5, 5.41) is 0.770. The van der Waals surface area contributed by atoms with Crippen molar-refractivity contribution in [3.05, 3.63) is 34.9 Å². The van der Waals surface area contributed by atoms with Gasteiger partial charge in [0.2, 0.25) is 0 Å². The second kappa shape index (κ2) is 5.67. The molecule has 1 fully saturated rings. The summed E-state index contributed by atoms with van der Waals surface area (Å²) < 4.78 is 5.80. The number of hydrogen-bond donors (Lipinski definition) is 1. The lowest BCUT2D eigenvalue weighted by atomic mass is 9.89. The fraction of sp³-hybridized carbons (Fsp3) is 0.538. The Balaban J connectivity index is 2.14. The molecule has 0 aromatic heterocycles. The minimum Gasteiger partial charge on any atom is -0.378 e. The molecule has 2 nitrogen and oxygen atoms in total. The molecule has 0 aliphatic carbocycles. The summed E-state index contributed by atoms with van der Waals surface area (Å²) in [6.45, 7) is 1.48. The standard InChI is InChI=1S/C13H18ClNO/c14-11-5-3-4-10(8-11)12(9-15)13-6-1-2-7-16-13/h3-5,8,12-13H,1-2,6-7,9,15H2. The molecule has 1 aliphatic rings. The van der Waals surface area contributed by atoms with Gasteiger partial charge in [-0.15, -0.1) is 0 Å². The van der Waals surface area contributed by atoms with Crippen LogP contribution in [0.5, 0.6) is 0 Å². The van der Waals surface area contributed by atoms with Gasteiger partial charge in [0.15, 0.2) is 0 Å².